The summed E-state index contributed by atoms with van der Waals surface area (Å²) in [5.41, 5.74) is 6.87. The summed E-state index contributed by atoms with van der Waals surface area (Å²) in [6.07, 6.45) is 0. The molecule has 2 aromatic rings. The van der Waals surface area contributed by atoms with E-state index in [1.54, 1.807) is 44.6 Å². The van der Waals surface area contributed by atoms with E-state index in [1.807, 2.05) is 0 Å². The highest BCUT2D eigenvalue weighted by atomic mass is 19.1. The molecule has 0 spiro atoms. The van der Waals surface area contributed by atoms with E-state index in [9.17, 15) is 4.39 Å². The van der Waals surface area contributed by atoms with Gasteiger partial charge in [0.1, 0.15) is 29.7 Å². The van der Waals surface area contributed by atoms with Crippen molar-refractivity contribution >= 4 is 0 Å². The van der Waals surface area contributed by atoms with Crippen LogP contribution in [0.5, 0.6) is 17.2 Å². The standard InChI is InChI=1S/C16H18FNO3/c1-19-13-6-14(20-2)8-15(7-13)21-10-12-5-11(9-18)3-4-16(12)17/h3-8H,9-10,18H2,1-2H3. The first-order chi connectivity index (χ1) is 10.2. The van der Waals surface area contributed by atoms with Crippen molar-refractivity contribution in [2.24, 2.45) is 5.73 Å². The average Bonchev–Trinajstić information content (AvgIpc) is 2.53. The lowest BCUT2D eigenvalue weighted by Crippen LogP contribution is -2.03. The highest BCUT2D eigenvalue weighted by Gasteiger charge is 2.07. The van der Waals surface area contributed by atoms with Crippen LogP contribution in [0.3, 0.4) is 0 Å². The van der Waals surface area contributed by atoms with Crippen molar-refractivity contribution in [3.05, 3.63) is 53.3 Å². The Morgan fingerprint density at radius 3 is 2.14 bits per heavy atom. The van der Waals surface area contributed by atoms with Gasteiger partial charge in [0.25, 0.3) is 0 Å². The van der Waals surface area contributed by atoms with Gasteiger partial charge in [0, 0.05) is 30.3 Å². The van der Waals surface area contributed by atoms with E-state index in [2.05, 4.69) is 0 Å². The van der Waals surface area contributed by atoms with Crippen molar-refractivity contribution in [2.45, 2.75) is 13.2 Å². The summed E-state index contributed by atoms with van der Waals surface area (Å²) in [5, 5.41) is 0. The second kappa shape index (κ2) is 6.95. The topological polar surface area (TPSA) is 53.7 Å². The van der Waals surface area contributed by atoms with Gasteiger partial charge in [-0.15, -0.1) is 0 Å². The third kappa shape index (κ3) is 3.86. The molecule has 2 rings (SSSR count). The maximum absolute atomic E-state index is 13.7. The van der Waals surface area contributed by atoms with Gasteiger partial charge in [-0.3, -0.25) is 0 Å². The second-order valence-corrected chi connectivity index (χ2v) is 4.47. The van der Waals surface area contributed by atoms with Gasteiger partial charge < -0.3 is 19.9 Å². The van der Waals surface area contributed by atoms with E-state index in [-0.39, 0.29) is 12.4 Å². The van der Waals surface area contributed by atoms with Gasteiger partial charge in [0.2, 0.25) is 0 Å². The molecule has 0 bridgehead atoms. The number of ether oxygens (including phenoxy) is 3. The molecule has 0 radical (unpaired) electrons. The molecular formula is C16H18FNO3. The predicted octanol–water partition coefficient (Wildman–Crippen LogP) is 2.88. The number of hydrogen-bond acceptors (Lipinski definition) is 4. The van der Waals surface area contributed by atoms with E-state index < -0.39 is 0 Å². The Morgan fingerprint density at radius 1 is 0.952 bits per heavy atom. The molecule has 0 atom stereocenters. The Morgan fingerprint density at radius 2 is 1.57 bits per heavy atom. The van der Waals surface area contributed by atoms with Crippen LogP contribution in [0, 0.1) is 5.82 Å². The zero-order valence-corrected chi connectivity index (χ0v) is 12.1. The van der Waals surface area contributed by atoms with E-state index in [1.165, 1.54) is 6.07 Å². The zero-order valence-electron chi connectivity index (χ0n) is 12.1. The molecule has 0 aliphatic rings. The van der Waals surface area contributed by atoms with Crippen molar-refractivity contribution in [1.82, 2.24) is 0 Å². The quantitative estimate of drug-likeness (QED) is 0.889. The van der Waals surface area contributed by atoms with Crippen molar-refractivity contribution in [3.8, 4) is 17.2 Å². The fourth-order valence-corrected chi connectivity index (χ4v) is 1.89. The summed E-state index contributed by atoms with van der Waals surface area (Å²) < 4.78 is 29.7. The molecule has 0 unspecified atom stereocenters. The molecule has 112 valence electrons. The first-order valence-corrected chi connectivity index (χ1v) is 6.49. The van der Waals surface area contributed by atoms with Crippen LogP contribution in [-0.2, 0) is 13.2 Å². The largest absolute Gasteiger partial charge is 0.496 e. The van der Waals surface area contributed by atoms with Gasteiger partial charge in [-0.25, -0.2) is 4.39 Å². The first kappa shape index (κ1) is 15.1. The van der Waals surface area contributed by atoms with Crippen molar-refractivity contribution in [1.29, 1.82) is 0 Å². The van der Waals surface area contributed by atoms with E-state index in [4.69, 9.17) is 19.9 Å². The number of benzene rings is 2. The van der Waals surface area contributed by atoms with Crippen LogP contribution in [0.2, 0.25) is 0 Å². The fourth-order valence-electron chi connectivity index (χ4n) is 1.89. The summed E-state index contributed by atoms with van der Waals surface area (Å²) in [5.74, 6) is 1.45. The highest BCUT2D eigenvalue weighted by Crippen LogP contribution is 2.28. The number of rotatable bonds is 6. The first-order valence-electron chi connectivity index (χ1n) is 6.49. The second-order valence-electron chi connectivity index (χ2n) is 4.47. The molecule has 21 heavy (non-hydrogen) atoms. The van der Waals surface area contributed by atoms with E-state index in [0.29, 0.717) is 29.4 Å². The van der Waals surface area contributed by atoms with Crippen LogP contribution in [0.1, 0.15) is 11.1 Å². The summed E-state index contributed by atoms with van der Waals surface area (Å²) in [7, 11) is 3.12. The zero-order chi connectivity index (χ0) is 15.2. The third-order valence-corrected chi connectivity index (χ3v) is 3.07. The van der Waals surface area contributed by atoms with Crippen LogP contribution in [0.25, 0.3) is 0 Å². The molecule has 0 aromatic heterocycles. The number of hydrogen-bond donors (Lipinski definition) is 1. The van der Waals surface area contributed by atoms with Gasteiger partial charge in [0.15, 0.2) is 0 Å². The molecule has 2 aromatic carbocycles. The van der Waals surface area contributed by atoms with Crippen LogP contribution >= 0.6 is 0 Å². The molecule has 2 N–H and O–H groups in total. The van der Waals surface area contributed by atoms with Gasteiger partial charge >= 0.3 is 0 Å². The molecule has 0 fully saturated rings. The maximum atomic E-state index is 13.7. The molecule has 0 saturated heterocycles. The van der Waals surface area contributed by atoms with Gasteiger partial charge in [-0.2, -0.15) is 0 Å². The minimum Gasteiger partial charge on any atom is -0.496 e. The lowest BCUT2D eigenvalue weighted by molar-refractivity contribution is 0.294. The van der Waals surface area contributed by atoms with Crippen molar-refractivity contribution < 1.29 is 18.6 Å². The molecule has 5 heteroatoms. The van der Waals surface area contributed by atoms with Gasteiger partial charge in [-0.1, -0.05) is 6.07 Å². The monoisotopic (exact) mass is 291 g/mol. The number of methoxy groups -OCH3 is 2. The molecule has 4 nitrogen and oxygen atoms in total. The van der Waals surface area contributed by atoms with Crippen LogP contribution in [0.15, 0.2) is 36.4 Å². The predicted molar refractivity (Wildman–Crippen MR) is 78.2 cm³/mol. The van der Waals surface area contributed by atoms with Crippen molar-refractivity contribution in [2.75, 3.05) is 14.2 Å². The average molecular weight is 291 g/mol. The minimum absolute atomic E-state index is 0.107. The molecule has 0 saturated carbocycles. The normalized spacial score (nSPS) is 10.3. The van der Waals surface area contributed by atoms with Crippen LogP contribution in [0.4, 0.5) is 4.39 Å². The number of halogens is 1. The highest BCUT2D eigenvalue weighted by molar-refractivity contribution is 5.42. The Bertz CT molecular complexity index is 594. The molecule has 0 amide bonds. The summed E-state index contributed by atoms with van der Waals surface area (Å²) in [6, 6.07) is 9.93. The Labute approximate surface area is 123 Å². The van der Waals surface area contributed by atoms with Crippen LogP contribution in [-0.4, -0.2) is 14.2 Å². The SMILES string of the molecule is COc1cc(OC)cc(OCc2cc(CN)ccc2F)c1. The van der Waals surface area contributed by atoms with Crippen molar-refractivity contribution in [3.63, 3.8) is 0 Å². The molecular weight excluding hydrogens is 273 g/mol. The molecule has 0 aliphatic carbocycles. The lowest BCUT2D eigenvalue weighted by atomic mass is 10.1. The Hall–Kier alpha value is -2.27. The maximum Gasteiger partial charge on any atom is 0.129 e. The number of nitrogens with two attached hydrogens (primary N) is 1. The van der Waals surface area contributed by atoms with Crippen LogP contribution < -0.4 is 19.9 Å². The third-order valence-electron chi connectivity index (χ3n) is 3.07. The van der Waals surface area contributed by atoms with Gasteiger partial charge in [0.05, 0.1) is 14.2 Å². The molecule has 0 heterocycles. The lowest BCUT2D eigenvalue weighted by Gasteiger charge is -2.11. The fraction of sp³-hybridized carbons (Fsp3) is 0.250. The Kier molecular flexibility index (Phi) is 5.00. The summed E-state index contributed by atoms with van der Waals surface area (Å²) >= 11 is 0. The summed E-state index contributed by atoms with van der Waals surface area (Å²) in [6.45, 7) is 0.469. The van der Waals surface area contributed by atoms with Gasteiger partial charge in [-0.05, 0) is 17.7 Å². The summed E-state index contributed by atoms with van der Waals surface area (Å²) in [4.78, 5) is 0. The van der Waals surface area contributed by atoms with E-state index in [0.717, 1.165) is 5.56 Å². The minimum atomic E-state index is -0.318. The Balaban J connectivity index is 2.16. The smallest absolute Gasteiger partial charge is 0.129 e. The molecule has 0 aliphatic heterocycles. The van der Waals surface area contributed by atoms with E-state index >= 15 is 0 Å².